The number of amides is 1. The van der Waals surface area contributed by atoms with Gasteiger partial charge in [0.25, 0.3) is 5.91 Å². The molecular formula is C24H19ClFN3OS. The number of hydrogen-bond acceptors (Lipinski definition) is 3. The topological polar surface area (TPSA) is 46.9 Å². The predicted octanol–water partition coefficient (Wildman–Crippen LogP) is 6.52. The Morgan fingerprint density at radius 1 is 1.06 bits per heavy atom. The van der Waals surface area contributed by atoms with Crippen molar-refractivity contribution in [3.05, 3.63) is 107 Å². The quantitative estimate of drug-likeness (QED) is 0.339. The molecule has 0 saturated heterocycles. The van der Waals surface area contributed by atoms with Crippen molar-refractivity contribution < 1.29 is 9.18 Å². The smallest absolute Gasteiger partial charge is 0.259 e. The number of rotatable bonds is 6. The van der Waals surface area contributed by atoms with E-state index in [0.717, 1.165) is 16.3 Å². The van der Waals surface area contributed by atoms with Gasteiger partial charge < -0.3 is 5.32 Å². The van der Waals surface area contributed by atoms with Crippen LogP contribution in [0, 0.1) is 12.7 Å². The van der Waals surface area contributed by atoms with Crippen molar-refractivity contribution in [2.45, 2.75) is 17.6 Å². The molecule has 4 aromatic rings. The maximum absolute atomic E-state index is 14.2. The number of nitrogens with one attached hydrogen (secondary N) is 1. The van der Waals surface area contributed by atoms with Crippen molar-refractivity contribution in [3.8, 4) is 5.69 Å². The summed E-state index contributed by atoms with van der Waals surface area (Å²) in [5, 5.41) is 7.43. The largest absolute Gasteiger partial charge is 0.321 e. The summed E-state index contributed by atoms with van der Waals surface area (Å²) in [6.45, 7) is 1.86. The van der Waals surface area contributed by atoms with Crippen LogP contribution < -0.4 is 5.32 Å². The zero-order valence-electron chi connectivity index (χ0n) is 16.7. The summed E-state index contributed by atoms with van der Waals surface area (Å²) in [7, 11) is 0. The maximum atomic E-state index is 14.2. The fraction of sp³-hybridized carbons (Fsp3) is 0.0833. The van der Waals surface area contributed by atoms with Gasteiger partial charge in [0.15, 0.2) is 0 Å². The Hall–Kier alpha value is -3.09. The summed E-state index contributed by atoms with van der Waals surface area (Å²) in [5.41, 5.74) is 3.29. The molecule has 4 nitrogen and oxygen atoms in total. The molecule has 0 bridgehead atoms. The van der Waals surface area contributed by atoms with Crippen molar-refractivity contribution in [2.75, 3.05) is 5.32 Å². The number of carbonyl (C=O) groups excluding carboxylic acids is 1. The summed E-state index contributed by atoms with van der Waals surface area (Å²) in [4.78, 5) is 13.8. The highest BCUT2D eigenvalue weighted by atomic mass is 35.5. The van der Waals surface area contributed by atoms with Crippen LogP contribution in [-0.2, 0) is 5.75 Å². The molecule has 1 aromatic heterocycles. The summed E-state index contributed by atoms with van der Waals surface area (Å²) >= 11 is 7.31. The molecule has 0 atom stereocenters. The molecule has 0 aliphatic carbocycles. The first kappa shape index (κ1) is 21.2. The Kier molecular flexibility index (Phi) is 6.39. The van der Waals surface area contributed by atoms with Gasteiger partial charge >= 0.3 is 0 Å². The highest BCUT2D eigenvalue weighted by molar-refractivity contribution is 7.98. The second-order valence-corrected chi connectivity index (χ2v) is 8.27. The Balaban J connectivity index is 1.52. The van der Waals surface area contributed by atoms with Gasteiger partial charge in [-0.1, -0.05) is 54.1 Å². The molecule has 7 heteroatoms. The van der Waals surface area contributed by atoms with Crippen LogP contribution in [0.15, 0.2) is 83.9 Å². The molecule has 31 heavy (non-hydrogen) atoms. The third-order valence-electron chi connectivity index (χ3n) is 4.81. The highest BCUT2D eigenvalue weighted by Crippen LogP contribution is 2.32. The molecule has 0 radical (unpaired) electrons. The maximum Gasteiger partial charge on any atom is 0.259 e. The van der Waals surface area contributed by atoms with Gasteiger partial charge in [0.1, 0.15) is 5.82 Å². The van der Waals surface area contributed by atoms with Gasteiger partial charge in [0, 0.05) is 10.6 Å². The lowest BCUT2D eigenvalue weighted by atomic mass is 10.2. The van der Waals surface area contributed by atoms with E-state index in [4.69, 9.17) is 11.6 Å². The molecule has 4 rings (SSSR count). The standard InChI is InChI=1S/C24H19ClFN3OS/c1-16-19(14-27-29(16)18-9-3-2-4-10-18)24(30)28-21-12-5-6-13-22(21)31-15-17-8-7-11-20(25)23(17)26/h2-14H,15H2,1H3,(H,28,30). The van der Waals surface area contributed by atoms with Crippen molar-refractivity contribution >= 4 is 35.0 Å². The van der Waals surface area contributed by atoms with Crippen molar-refractivity contribution in [3.63, 3.8) is 0 Å². The van der Waals surface area contributed by atoms with Gasteiger partial charge in [-0.3, -0.25) is 4.79 Å². The molecule has 0 aliphatic heterocycles. The number of hydrogen-bond donors (Lipinski definition) is 1. The minimum atomic E-state index is -0.415. The molecule has 1 amide bonds. The molecule has 0 spiro atoms. The SMILES string of the molecule is Cc1c(C(=O)Nc2ccccc2SCc2cccc(Cl)c2F)cnn1-c1ccccc1. The normalized spacial score (nSPS) is 10.8. The van der Waals surface area contributed by atoms with Gasteiger partial charge in [-0.15, -0.1) is 11.8 Å². The summed E-state index contributed by atoms with van der Waals surface area (Å²) in [6.07, 6.45) is 1.56. The van der Waals surface area contributed by atoms with Crippen LogP contribution in [0.3, 0.4) is 0 Å². The van der Waals surface area contributed by atoms with Crippen LogP contribution in [0.25, 0.3) is 5.69 Å². The average molecular weight is 452 g/mol. The van der Waals surface area contributed by atoms with E-state index in [0.29, 0.717) is 22.6 Å². The minimum absolute atomic E-state index is 0.102. The molecule has 3 aromatic carbocycles. The monoisotopic (exact) mass is 451 g/mol. The molecule has 156 valence electrons. The van der Waals surface area contributed by atoms with E-state index in [1.54, 1.807) is 23.0 Å². The average Bonchev–Trinajstić information content (AvgIpc) is 3.17. The van der Waals surface area contributed by atoms with E-state index in [9.17, 15) is 9.18 Å². The number of carbonyl (C=O) groups is 1. The second kappa shape index (κ2) is 9.37. The fourth-order valence-corrected chi connectivity index (χ4v) is 4.34. The minimum Gasteiger partial charge on any atom is -0.321 e. The summed E-state index contributed by atoms with van der Waals surface area (Å²) < 4.78 is 15.9. The van der Waals surface area contributed by atoms with Crippen LogP contribution in [0.4, 0.5) is 10.1 Å². The fourth-order valence-electron chi connectivity index (χ4n) is 3.16. The lowest BCUT2D eigenvalue weighted by molar-refractivity contribution is 0.102. The Morgan fingerprint density at radius 3 is 2.61 bits per heavy atom. The third kappa shape index (κ3) is 4.65. The van der Waals surface area contributed by atoms with Crippen LogP contribution in [0.1, 0.15) is 21.6 Å². The van der Waals surface area contributed by atoms with E-state index >= 15 is 0 Å². The van der Waals surface area contributed by atoms with Gasteiger partial charge in [-0.25, -0.2) is 9.07 Å². The zero-order chi connectivity index (χ0) is 21.8. The molecule has 1 N–H and O–H groups in total. The Bertz CT molecular complexity index is 1230. The Morgan fingerprint density at radius 2 is 1.81 bits per heavy atom. The summed E-state index contributed by atoms with van der Waals surface area (Å²) in [5.74, 6) is -0.270. The van der Waals surface area contributed by atoms with Crippen LogP contribution in [-0.4, -0.2) is 15.7 Å². The van der Waals surface area contributed by atoms with E-state index in [1.807, 2.05) is 61.5 Å². The van der Waals surface area contributed by atoms with Crippen LogP contribution >= 0.6 is 23.4 Å². The van der Waals surface area contributed by atoms with Gasteiger partial charge in [0.05, 0.1) is 33.9 Å². The lowest BCUT2D eigenvalue weighted by Gasteiger charge is -2.11. The number of para-hydroxylation sites is 2. The summed E-state index contributed by atoms with van der Waals surface area (Å²) in [6, 6.07) is 22.0. The number of aromatic nitrogens is 2. The first-order valence-corrected chi connectivity index (χ1v) is 11.0. The Labute approximate surface area is 189 Å². The van der Waals surface area contributed by atoms with Crippen molar-refractivity contribution in [1.82, 2.24) is 9.78 Å². The molecule has 0 saturated carbocycles. The first-order valence-electron chi connectivity index (χ1n) is 9.60. The van der Waals surface area contributed by atoms with Crippen molar-refractivity contribution in [2.24, 2.45) is 0 Å². The van der Waals surface area contributed by atoms with E-state index < -0.39 is 5.82 Å². The number of halogens is 2. The van der Waals surface area contributed by atoms with E-state index in [-0.39, 0.29) is 10.9 Å². The number of anilines is 1. The van der Waals surface area contributed by atoms with E-state index in [1.165, 1.54) is 17.8 Å². The number of nitrogens with zero attached hydrogens (tertiary/aromatic N) is 2. The zero-order valence-corrected chi connectivity index (χ0v) is 18.3. The van der Waals surface area contributed by atoms with E-state index in [2.05, 4.69) is 10.4 Å². The number of benzene rings is 3. The predicted molar refractivity (Wildman–Crippen MR) is 124 cm³/mol. The molecule has 1 heterocycles. The van der Waals surface area contributed by atoms with Crippen molar-refractivity contribution in [1.29, 1.82) is 0 Å². The van der Waals surface area contributed by atoms with Gasteiger partial charge in [0.2, 0.25) is 0 Å². The third-order valence-corrected chi connectivity index (χ3v) is 6.22. The van der Waals surface area contributed by atoms with Crippen LogP contribution in [0.5, 0.6) is 0 Å². The van der Waals surface area contributed by atoms with Crippen LogP contribution in [0.2, 0.25) is 5.02 Å². The first-order chi connectivity index (χ1) is 15.0. The molecule has 0 aliphatic rings. The number of thioether (sulfide) groups is 1. The molecular weight excluding hydrogens is 433 g/mol. The van der Waals surface area contributed by atoms with Gasteiger partial charge in [-0.05, 0) is 42.8 Å². The second-order valence-electron chi connectivity index (χ2n) is 6.84. The molecule has 0 unspecified atom stereocenters. The van der Waals surface area contributed by atoms with Gasteiger partial charge in [-0.2, -0.15) is 5.10 Å². The highest BCUT2D eigenvalue weighted by Gasteiger charge is 2.17. The lowest BCUT2D eigenvalue weighted by Crippen LogP contribution is -2.13. The molecule has 0 fully saturated rings.